The molecule has 4 aromatic heterocycles. The second-order valence-electron chi connectivity index (χ2n) is 5.97. The molecule has 1 N–H and O–H groups in total. The average molecular weight is 438 g/mol. The maximum absolute atomic E-state index is 13.6. The molecule has 0 atom stereocenters. The van der Waals surface area contributed by atoms with E-state index in [1.54, 1.807) is 36.7 Å². The van der Waals surface area contributed by atoms with Gasteiger partial charge in [-0.15, -0.1) is 11.3 Å². The van der Waals surface area contributed by atoms with Crippen LogP contribution in [0.2, 0.25) is 4.34 Å². The molecule has 29 heavy (non-hydrogen) atoms. The van der Waals surface area contributed by atoms with Gasteiger partial charge in [-0.3, -0.25) is 9.78 Å². The molecule has 0 radical (unpaired) electrons. The van der Waals surface area contributed by atoms with Crippen molar-refractivity contribution in [1.29, 1.82) is 0 Å². The molecule has 6 nitrogen and oxygen atoms in total. The molecule has 0 fully saturated rings. The van der Waals surface area contributed by atoms with Crippen LogP contribution >= 0.6 is 22.9 Å². The van der Waals surface area contributed by atoms with Crippen LogP contribution in [0.3, 0.4) is 0 Å². The Kier molecular flexibility index (Phi) is 4.97. The maximum atomic E-state index is 13.6. The summed E-state index contributed by atoms with van der Waals surface area (Å²) >= 11 is 6.99. The van der Waals surface area contributed by atoms with Crippen molar-refractivity contribution in [2.24, 2.45) is 0 Å². The lowest BCUT2D eigenvalue weighted by Crippen LogP contribution is -2.23. The van der Waals surface area contributed by atoms with Gasteiger partial charge in [-0.1, -0.05) is 17.7 Å². The van der Waals surface area contributed by atoms with Gasteiger partial charge in [0.25, 0.3) is 5.91 Å². The van der Waals surface area contributed by atoms with E-state index in [0.29, 0.717) is 13.7 Å². The SMILES string of the molecule is O=C(NCc1cccnc1)c1cc2nc(-c3ccc(Cl)s3)cc(C(F)(F)F)n2n1. The molecule has 0 unspecified atom stereocenters. The van der Waals surface area contributed by atoms with Gasteiger partial charge in [0.2, 0.25) is 0 Å². The summed E-state index contributed by atoms with van der Waals surface area (Å²) in [6.45, 7) is 0.166. The van der Waals surface area contributed by atoms with E-state index in [4.69, 9.17) is 11.6 Å². The van der Waals surface area contributed by atoms with Crippen LogP contribution in [-0.4, -0.2) is 25.5 Å². The number of hydrogen-bond acceptors (Lipinski definition) is 5. The minimum absolute atomic E-state index is 0.0918. The molecule has 4 heterocycles. The Bertz CT molecular complexity index is 1190. The predicted octanol–water partition coefficient (Wildman–Crippen LogP) is 4.46. The number of pyridine rings is 1. The van der Waals surface area contributed by atoms with Crippen LogP contribution in [-0.2, 0) is 12.7 Å². The third-order valence-corrected chi connectivity index (χ3v) is 5.21. The highest BCUT2D eigenvalue weighted by molar-refractivity contribution is 7.19. The largest absolute Gasteiger partial charge is 0.433 e. The molecule has 0 spiro atoms. The summed E-state index contributed by atoms with van der Waals surface area (Å²) in [7, 11) is 0. The Morgan fingerprint density at radius 2 is 2.07 bits per heavy atom. The van der Waals surface area contributed by atoms with E-state index in [2.05, 4.69) is 20.4 Å². The number of aromatic nitrogens is 4. The zero-order chi connectivity index (χ0) is 20.6. The van der Waals surface area contributed by atoms with Crippen LogP contribution in [0.5, 0.6) is 0 Å². The number of carbonyl (C=O) groups excluding carboxylic acids is 1. The molecule has 11 heteroatoms. The summed E-state index contributed by atoms with van der Waals surface area (Å²) in [6.07, 6.45) is -1.52. The summed E-state index contributed by atoms with van der Waals surface area (Å²) in [6, 6.07) is 8.74. The highest BCUT2D eigenvalue weighted by Crippen LogP contribution is 2.35. The standard InChI is InChI=1S/C18H11ClF3N5OS/c19-15-4-3-13(29-15)11-6-14(18(20,21)22)27-16(25-11)7-12(26-27)17(28)24-9-10-2-1-5-23-8-10/h1-8H,9H2,(H,24,28). The first-order valence-electron chi connectivity index (χ1n) is 8.22. The fourth-order valence-electron chi connectivity index (χ4n) is 2.64. The minimum atomic E-state index is -4.69. The second-order valence-corrected chi connectivity index (χ2v) is 7.69. The van der Waals surface area contributed by atoms with Gasteiger partial charge in [-0.05, 0) is 29.8 Å². The van der Waals surface area contributed by atoms with E-state index >= 15 is 0 Å². The monoisotopic (exact) mass is 437 g/mol. The first kappa shape index (κ1) is 19.3. The number of nitrogens with zero attached hydrogens (tertiary/aromatic N) is 4. The third kappa shape index (κ3) is 4.08. The summed E-state index contributed by atoms with van der Waals surface area (Å²) in [5, 5.41) is 6.42. The Morgan fingerprint density at radius 1 is 1.24 bits per heavy atom. The lowest BCUT2D eigenvalue weighted by atomic mass is 10.2. The Hall–Kier alpha value is -2.98. The molecule has 0 aromatic carbocycles. The van der Waals surface area contributed by atoms with E-state index in [1.807, 2.05) is 0 Å². The van der Waals surface area contributed by atoms with Crippen LogP contribution in [0.25, 0.3) is 16.2 Å². The topological polar surface area (TPSA) is 72.2 Å². The van der Waals surface area contributed by atoms with Crippen molar-refractivity contribution in [1.82, 2.24) is 24.9 Å². The summed E-state index contributed by atoms with van der Waals surface area (Å²) in [4.78, 5) is 21.0. The van der Waals surface area contributed by atoms with Gasteiger partial charge in [0.1, 0.15) is 0 Å². The van der Waals surface area contributed by atoms with Crippen molar-refractivity contribution in [2.75, 3.05) is 0 Å². The number of amides is 1. The van der Waals surface area contributed by atoms with E-state index in [-0.39, 0.29) is 23.6 Å². The molecule has 0 aliphatic rings. The van der Waals surface area contributed by atoms with Crippen LogP contribution in [0, 0.1) is 0 Å². The highest BCUT2D eigenvalue weighted by atomic mass is 35.5. The van der Waals surface area contributed by atoms with Crippen molar-refractivity contribution in [3.05, 3.63) is 70.1 Å². The van der Waals surface area contributed by atoms with Crippen molar-refractivity contribution >= 4 is 34.5 Å². The van der Waals surface area contributed by atoms with Gasteiger partial charge >= 0.3 is 6.18 Å². The van der Waals surface area contributed by atoms with Crippen LogP contribution < -0.4 is 5.32 Å². The summed E-state index contributed by atoms with van der Waals surface area (Å²) < 4.78 is 41.8. The Morgan fingerprint density at radius 3 is 2.72 bits per heavy atom. The minimum Gasteiger partial charge on any atom is -0.347 e. The second kappa shape index (κ2) is 7.45. The summed E-state index contributed by atoms with van der Waals surface area (Å²) in [5.74, 6) is -0.617. The fourth-order valence-corrected chi connectivity index (χ4v) is 3.64. The fraction of sp³-hybridized carbons (Fsp3) is 0.111. The van der Waals surface area contributed by atoms with Gasteiger partial charge < -0.3 is 5.32 Å². The van der Waals surface area contributed by atoms with E-state index in [1.165, 1.54) is 6.07 Å². The number of rotatable bonds is 4. The molecule has 0 aliphatic heterocycles. The first-order valence-corrected chi connectivity index (χ1v) is 9.41. The molecule has 0 aliphatic carbocycles. The molecule has 0 saturated heterocycles. The van der Waals surface area contributed by atoms with Crippen molar-refractivity contribution in [3.63, 3.8) is 0 Å². The maximum Gasteiger partial charge on any atom is 0.433 e. The van der Waals surface area contributed by atoms with Gasteiger partial charge in [0, 0.05) is 25.0 Å². The number of carbonyl (C=O) groups is 1. The van der Waals surface area contributed by atoms with Gasteiger partial charge in [-0.25, -0.2) is 9.50 Å². The van der Waals surface area contributed by atoms with Crippen LogP contribution in [0.4, 0.5) is 13.2 Å². The molecule has 148 valence electrons. The van der Waals surface area contributed by atoms with E-state index in [9.17, 15) is 18.0 Å². The zero-order valence-electron chi connectivity index (χ0n) is 14.4. The lowest BCUT2D eigenvalue weighted by Gasteiger charge is -2.10. The molecular formula is C18H11ClF3N5OS. The van der Waals surface area contributed by atoms with Crippen LogP contribution in [0.1, 0.15) is 21.7 Å². The molecular weight excluding hydrogens is 427 g/mol. The van der Waals surface area contributed by atoms with E-state index in [0.717, 1.165) is 23.0 Å². The molecule has 4 rings (SSSR count). The molecule has 0 bridgehead atoms. The number of nitrogens with one attached hydrogen (secondary N) is 1. The third-order valence-electron chi connectivity index (χ3n) is 3.95. The summed E-state index contributed by atoms with van der Waals surface area (Å²) in [5.41, 5.74) is -0.452. The quantitative estimate of drug-likeness (QED) is 0.512. The van der Waals surface area contributed by atoms with E-state index < -0.39 is 17.8 Å². The number of alkyl halides is 3. The predicted molar refractivity (Wildman–Crippen MR) is 102 cm³/mol. The van der Waals surface area contributed by atoms with Gasteiger partial charge in [0.15, 0.2) is 17.0 Å². The molecule has 4 aromatic rings. The van der Waals surface area contributed by atoms with Crippen molar-refractivity contribution in [2.45, 2.75) is 12.7 Å². The first-order chi connectivity index (χ1) is 13.8. The number of thiophene rings is 1. The lowest BCUT2D eigenvalue weighted by molar-refractivity contribution is -0.142. The smallest absolute Gasteiger partial charge is 0.347 e. The number of hydrogen-bond donors (Lipinski definition) is 1. The average Bonchev–Trinajstić information content (AvgIpc) is 3.31. The molecule has 1 amide bonds. The van der Waals surface area contributed by atoms with Crippen molar-refractivity contribution < 1.29 is 18.0 Å². The normalized spacial score (nSPS) is 11.7. The van der Waals surface area contributed by atoms with Crippen LogP contribution in [0.15, 0.2) is 48.8 Å². The number of halogens is 4. The zero-order valence-corrected chi connectivity index (χ0v) is 16.0. The Balaban J connectivity index is 1.71. The molecule has 0 saturated carbocycles. The number of fused-ring (bicyclic) bond motifs is 1. The highest BCUT2D eigenvalue weighted by Gasteiger charge is 2.35. The van der Waals surface area contributed by atoms with Gasteiger partial charge in [-0.2, -0.15) is 18.3 Å². The van der Waals surface area contributed by atoms with Crippen molar-refractivity contribution in [3.8, 4) is 10.6 Å². The Labute approximate surface area is 171 Å². The van der Waals surface area contributed by atoms with Gasteiger partial charge in [0.05, 0.1) is 14.9 Å².